The molecule has 1 aliphatic heterocycles. The highest BCUT2D eigenvalue weighted by Gasteiger charge is 2.50. The van der Waals surface area contributed by atoms with E-state index in [1.807, 2.05) is 146 Å². The van der Waals surface area contributed by atoms with Crippen LogP contribution in [-0.4, -0.2) is 59.5 Å². The quantitative estimate of drug-likeness (QED) is 0.0387. The summed E-state index contributed by atoms with van der Waals surface area (Å²) in [6, 6.07) is 47.7. The molecule has 1 fully saturated rings. The molecule has 6 aromatic rings. The molecule has 0 spiro atoms. The van der Waals surface area contributed by atoms with Gasteiger partial charge in [-0.05, 0) is 40.8 Å². The van der Waals surface area contributed by atoms with Crippen molar-refractivity contribution in [3.8, 4) is 0 Å². The van der Waals surface area contributed by atoms with Gasteiger partial charge in [-0.3, -0.25) is 0 Å². The topological polar surface area (TPSA) is 121 Å². The summed E-state index contributed by atoms with van der Waals surface area (Å²) in [6.45, 7) is 3.25. The van der Waals surface area contributed by atoms with Crippen molar-refractivity contribution >= 4 is 22.6 Å². The number of H-pyrrole nitrogens is 1. The van der Waals surface area contributed by atoms with Crippen LogP contribution >= 0.6 is 0 Å². The number of aromatic nitrogens is 1. The predicted molar refractivity (Wildman–Crippen MR) is 217 cm³/mol. The molecule has 0 unspecified atom stereocenters. The zero-order valence-corrected chi connectivity index (χ0v) is 31.9. The maximum atomic E-state index is 13.0. The predicted octanol–water partition coefficient (Wildman–Crippen LogP) is 8.52. The Hall–Kier alpha value is -5.62. The van der Waals surface area contributed by atoms with Gasteiger partial charge >= 0.3 is 5.97 Å². The number of rotatable bonds is 18. The highest BCUT2D eigenvalue weighted by Crippen LogP contribution is 2.41. The van der Waals surface area contributed by atoms with E-state index in [2.05, 4.69) is 10.1 Å². The lowest BCUT2D eigenvalue weighted by atomic mass is 9.90. The molecule has 2 heterocycles. The minimum atomic E-state index is -0.777. The smallest absolute Gasteiger partial charge is 0.356 e. The number of nitrogens with one attached hydrogen (secondary N) is 1. The number of fused-ring (bicyclic) bond motifs is 1. The number of benzene rings is 5. The molecule has 1 saturated heterocycles. The van der Waals surface area contributed by atoms with Crippen LogP contribution in [0.4, 0.5) is 0 Å². The highest BCUT2D eigenvalue weighted by molar-refractivity contribution is 6.37. The van der Waals surface area contributed by atoms with Gasteiger partial charge in [-0.1, -0.05) is 145 Å². The molecule has 7 rings (SSSR count). The van der Waals surface area contributed by atoms with E-state index in [0.717, 1.165) is 33.2 Å². The lowest BCUT2D eigenvalue weighted by molar-refractivity contribution is -0.275. The standard InChI is InChI=1S/C47H48N2O8/c1-2-53-47(50)40(49-51)27-38-37-25-15-16-26-39(37)48-42(38)44-46(56-31-36-23-13-6-14-24-36)45(55-30-35-21-11-5-12-22-35)43(54-29-34-19-9-4-10-20-34)41(57-44)32-52-28-33-17-7-3-8-18-33/h3-26,41,43-46,48,51H,2,27-32H2,1H3/t41-,43-,44+,45+,46-/m1/s1. The van der Waals surface area contributed by atoms with Crippen LogP contribution in [0, 0.1) is 0 Å². The van der Waals surface area contributed by atoms with E-state index in [1.165, 1.54) is 0 Å². The zero-order valence-electron chi connectivity index (χ0n) is 31.9. The van der Waals surface area contributed by atoms with E-state index in [0.29, 0.717) is 24.5 Å². The Morgan fingerprint density at radius 2 is 1.14 bits per heavy atom. The Morgan fingerprint density at radius 1 is 0.649 bits per heavy atom. The molecule has 0 amide bonds. The Labute approximate surface area is 333 Å². The molecule has 10 nitrogen and oxygen atoms in total. The molecular weight excluding hydrogens is 721 g/mol. The summed E-state index contributed by atoms with van der Waals surface area (Å²) >= 11 is 0. The van der Waals surface area contributed by atoms with E-state index in [1.54, 1.807) is 6.92 Å². The maximum absolute atomic E-state index is 13.0. The molecule has 10 heteroatoms. The lowest BCUT2D eigenvalue weighted by Crippen LogP contribution is -2.58. The summed E-state index contributed by atoms with van der Waals surface area (Å²) in [6.07, 6.45) is -3.47. The first-order valence-electron chi connectivity index (χ1n) is 19.3. The van der Waals surface area contributed by atoms with Crippen LogP contribution in [0.5, 0.6) is 0 Å². The molecule has 5 atom stereocenters. The molecule has 2 N–H and O–H groups in total. The molecule has 0 bridgehead atoms. The number of carbonyl (C=O) groups excluding carboxylic acids is 1. The average Bonchev–Trinajstić information content (AvgIpc) is 3.63. The number of esters is 1. The first-order chi connectivity index (χ1) is 28.1. The number of para-hydroxylation sites is 1. The molecule has 57 heavy (non-hydrogen) atoms. The summed E-state index contributed by atoms with van der Waals surface area (Å²) in [4.78, 5) is 16.6. The van der Waals surface area contributed by atoms with Crippen LogP contribution in [0.15, 0.2) is 151 Å². The van der Waals surface area contributed by atoms with Gasteiger partial charge in [0.2, 0.25) is 0 Å². The van der Waals surface area contributed by atoms with Gasteiger partial charge in [-0.25, -0.2) is 4.79 Å². The second-order valence-electron chi connectivity index (χ2n) is 13.9. The van der Waals surface area contributed by atoms with E-state index >= 15 is 0 Å². The van der Waals surface area contributed by atoms with Crippen LogP contribution < -0.4 is 0 Å². The SMILES string of the molecule is CCOC(=O)C(Cc1c([C@@H]2O[C@H](COCc3ccccc3)[C@@H](OCc3ccccc3)[C@H](OCc3ccccc3)[C@@H]2OCc2ccccc2)[nH]c2ccccc12)=NO. The van der Waals surface area contributed by atoms with Gasteiger partial charge in [0.05, 0.1) is 45.3 Å². The van der Waals surface area contributed by atoms with Crippen LogP contribution in [0.25, 0.3) is 10.9 Å². The summed E-state index contributed by atoms with van der Waals surface area (Å²) in [5.74, 6) is -0.705. The Morgan fingerprint density at radius 3 is 1.68 bits per heavy atom. The third-order valence-electron chi connectivity index (χ3n) is 9.99. The highest BCUT2D eigenvalue weighted by atomic mass is 16.6. The Bertz CT molecular complexity index is 2160. The minimum absolute atomic E-state index is 0.0292. The number of ether oxygens (including phenoxy) is 6. The number of nitrogens with zero attached hydrogens (tertiary/aromatic N) is 1. The molecule has 0 radical (unpaired) electrons. The first-order valence-corrected chi connectivity index (χ1v) is 19.3. The fraction of sp³-hybridized carbons (Fsp3) is 0.277. The fourth-order valence-corrected chi connectivity index (χ4v) is 7.21. The summed E-state index contributed by atoms with van der Waals surface area (Å²) in [5.41, 5.74) is 6.04. The largest absolute Gasteiger partial charge is 0.461 e. The minimum Gasteiger partial charge on any atom is -0.461 e. The summed E-state index contributed by atoms with van der Waals surface area (Å²) in [5, 5.41) is 14.3. The average molecular weight is 769 g/mol. The molecule has 1 aliphatic rings. The Kier molecular flexibility index (Phi) is 13.9. The molecule has 0 aliphatic carbocycles. The molecule has 294 valence electrons. The van der Waals surface area contributed by atoms with E-state index < -0.39 is 36.5 Å². The van der Waals surface area contributed by atoms with Gasteiger partial charge in [0, 0.05) is 17.3 Å². The van der Waals surface area contributed by atoms with Crippen molar-refractivity contribution in [1.29, 1.82) is 0 Å². The van der Waals surface area contributed by atoms with Gasteiger partial charge in [0.15, 0.2) is 5.71 Å². The van der Waals surface area contributed by atoms with Gasteiger partial charge in [0.25, 0.3) is 0 Å². The monoisotopic (exact) mass is 768 g/mol. The zero-order chi connectivity index (χ0) is 39.2. The van der Waals surface area contributed by atoms with Crippen molar-refractivity contribution in [3.63, 3.8) is 0 Å². The number of aromatic amines is 1. The lowest BCUT2D eigenvalue weighted by Gasteiger charge is -2.46. The maximum Gasteiger partial charge on any atom is 0.356 e. The van der Waals surface area contributed by atoms with Crippen molar-refractivity contribution in [2.45, 2.75) is 70.3 Å². The van der Waals surface area contributed by atoms with Crippen LogP contribution in [-0.2, 0) is 66.1 Å². The number of oxime groups is 1. The normalized spacial score (nSPS) is 19.7. The van der Waals surface area contributed by atoms with E-state index in [-0.39, 0.29) is 38.6 Å². The van der Waals surface area contributed by atoms with Gasteiger partial charge in [0.1, 0.15) is 30.5 Å². The van der Waals surface area contributed by atoms with E-state index in [4.69, 9.17) is 28.4 Å². The second-order valence-corrected chi connectivity index (χ2v) is 13.9. The van der Waals surface area contributed by atoms with Crippen LogP contribution in [0.3, 0.4) is 0 Å². The van der Waals surface area contributed by atoms with Crippen molar-refractivity contribution in [2.24, 2.45) is 5.16 Å². The number of carbonyl (C=O) groups is 1. The van der Waals surface area contributed by atoms with Crippen molar-refractivity contribution in [1.82, 2.24) is 4.98 Å². The van der Waals surface area contributed by atoms with Gasteiger partial charge in [-0.15, -0.1) is 0 Å². The van der Waals surface area contributed by atoms with Gasteiger partial charge in [-0.2, -0.15) is 0 Å². The van der Waals surface area contributed by atoms with Crippen LogP contribution in [0.1, 0.15) is 46.5 Å². The van der Waals surface area contributed by atoms with E-state index in [9.17, 15) is 10.0 Å². The fourth-order valence-electron chi connectivity index (χ4n) is 7.21. The first kappa shape index (κ1) is 39.6. The summed E-state index contributed by atoms with van der Waals surface area (Å²) in [7, 11) is 0. The van der Waals surface area contributed by atoms with Crippen molar-refractivity contribution in [3.05, 3.63) is 179 Å². The molecule has 1 aromatic heterocycles. The number of hydrogen-bond donors (Lipinski definition) is 2. The van der Waals surface area contributed by atoms with Crippen molar-refractivity contribution in [2.75, 3.05) is 13.2 Å². The molecular formula is C47H48N2O8. The second kappa shape index (κ2) is 20.0. The third-order valence-corrected chi connectivity index (χ3v) is 9.99. The summed E-state index contributed by atoms with van der Waals surface area (Å²) < 4.78 is 39.6. The van der Waals surface area contributed by atoms with Crippen molar-refractivity contribution < 1.29 is 38.4 Å². The van der Waals surface area contributed by atoms with Gasteiger partial charge < -0.3 is 38.6 Å². The third kappa shape index (κ3) is 10.2. The molecule has 5 aromatic carbocycles. The van der Waals surface area contributed by atoms with Crippen LogP contribution in [0.2, 0.25) is 0 Å². The Balaban J connectivity index is 1.33. The molecule has 0 saturated carbocycles. The number of hydrogen-bond acceptors (Lipinski definition) is 9.